The minimum absolute atomic E-state index is 0.271. The average Bonchev–Trinajstić information content (AvgIpc) is 3.34. The van der Waals surface area contributed by atoms with E-state index in [-0.39, 0.29) is 5.91 Å². The van der Waals surface area contributed by atoms with E-state index in [0.29, 0.717) is 27.6 Å². The number of carbonyl (C=O) groups is 2. The Kier molecular flexibility index (Phi) is 5.79. The Hall–Kier alpha value is -3.91. The van der Waals surface area contributed by atoms with Gasteiger partial charge in [-0.1, -0.05) is 11.6 Å². The van der Waals surface area contributed by atoms with Crippen molar-refractivity contribution < 1.29 is 14.3 Å². The molecule has 4 rings (SSSR count). The zero-order valence-electron chi connectivity index (χ0n) is 17.7. The minimum Gasteiger partial charge on any atom is -0.423 e. The number of esters is 1. The largest absolute Gasteiger partial charge is 0.423 e. The van der Waals surface area contributed by atoms with Gasteiger partial charge in [-0.25, -0.2) is 9.48 Å². The van der Waals surface area contributed by atoms with Gasteiger partial charge in [0.2, 0.25) is 0 Å². The van der Waals surface area contributed by atoms with Crippen molar-refractivity contribution in [1.82, 2.24) is 19.6 Å². The van der Waals surface area contributed by atoms with Gasteiger partial charge in [0.15, 0.2) is 0 Å². The van der Waals surface area contributed by atoms with Crippen LogP contribution in [0.3, 0.4) is 0 Å². The molecule has 0 bridgehead atoms. The molecule has 162 valence electrons. The number of benzene rings is 2. The van der Waals surface area contributed by atoms with Gasteiger partial charge in [-0.15, -0.1) is 0 Å². The molecule has 0 atom stereocenters. The third-order valence-corrected chi connectivity index (χ3v) is 5.39. The summed E-state index contributed by atoms with van der Waals surface area (Å²) in [4.78, 5) is 24.7. The van der Waals surface area contributed by atoms with Crippen LogP contribution in [-0.4, -0.2) is 31.4 Å². The SMILES string of the molecule is Cc1nn(-c2ccc(C(=O)Oc3ccc(NC(=O)c4cnn(C)c4)cc3)cc2)c(C)c1Cl. The van der Waals surface area contributed by atoms with Crippen molar-refractivity contribution in [2.24, 2.45) is 7.05 Å². The lowest BCUT2D eigenvalue weighted by molar-refractivity contribution is 0.0734. The zero-order chi connectivity index (χ0) is 22.8. The molecule has 0 spiro atoms. The van der Waals surface area contributed by atoms with Gasteiger partial charge in [-0.3, -0.25) is 9.48 Å². The quantitative estimate of drug-likeness (QED) is 0.361. The summed E-state index contributed by atoms with van der Waals surface area (Å²) in [6.07, 6.45) is 3.11. The van der Waals surface area contributed by atoms with Gasteiger partial charge in [0.25, 0.3) is 5.91 Å². The number of aryl methyl sites for hydroxylation is 2. The fraction of sp³-hybridized carbons (Fsp3) is 0.130. The number of carbonyl (C=O) groups excluding carboxylic acids is 2. The first kappa shape index (κ1) is 21.3. The first-order chi connectivity index (χ1) is 15.3. The van der Waals surface area contributed by atoms with Crippen molar-refractivity contribution in [2.75, 3.05) is 5.32 Å². The molecular formula is C23H20ClN5O3. The molecule has 1 amide bonds. The molecule has 1 N–H and O–H groups in total. The van der Waals surface area contributed by atoms with E-state index in [9.17, 15) is 9.59 Å². The standard InChI is InChI=1S/C23H20ClN5O3/c1-14-21(24)15(2)29(27-14)19-8-4-16(5-9-19)23(31)32-20-10-6-18(7-11-20)26-22(30)17-12-25-28(3)13-17/h4-13H,1-3H3,(H,26,30). The van der Waals surface area contributed by atoms with E-state index < -0.39 is 5.97 Å². The second-order valence-electron chi connectivity index (χ2n) is 7.21. The Morgan fingerprint density at radius 2 is 1.69 bits per heavy atom. The van der Waals surface area contributed by atoms with Gasteiger partial charge in [0.1, 0.15) is 5.75 Å². The maximum absolute atomic E-state index is 12.5. The van der Waals surface area contributed by atoms with Crippen LogP contribution in [0.2, 0.25) is 5.02 Å². The van der Waals surface area contributed by atoms with Crippen LogP contribution in [0.4, 0.5) is 5.69 Å². The van der Waals surface area contributed by atoms with Crippen LogP contribution < -0.4 is 10.1 Å². The molecule has 0 fully saturated rings. The fourth-order valence-corrected chi connectivity index (χ4v) is 3.25. The molecule has 4 aromatic rings. The summed E-state index contributed by atoms with van der Waals surface area (Å²) in [6.45, 7) is 3.72. The maximum Gasteiger partial charge on any atom is 0.343 e. The normalized spacial score (nSPS) is 10.8. The van der Waals surface area contributed by atoms with E-state index >= 15 is 0 Å². The first-order valence-electron chi connectivity index (χ1n) is 9.76. The van der Waals surface area contributed by atoms with E-state index in [1.807, 2.05) is 13.8 Å². The van der Waals surface area contributed by atoms with E-state index in [1.165, 1.54) is 6.20 Å². The molecule has 0 saturated heterocycles. The number of anilines is 1. The summed E-state index contributed by atoms with van der Waals surface area (Å²) >= 11 is 6.21. The number of hydrogen-bond acceptors (Lipinski definition) is 5. The lowest BCUT2D eigenvalue weighted by Crippen LogP contribution is -2.11. The predicted octanol–water partition coefficient (Wildman–Crippen LogP) is 4.35. The van der Waals surface area contributed by atoms with Crippen molar-refractivity contribution in [2.45, 2.75) is 13.8 Å². The van der Waals surface area contributed by atoms with Crippen LogP contribution in [0, 0.1) is 13.8 Å². The number of aromatic nitrogens is 4. The molecule has 8 nitrogen and oxygen atoms in total. The minimum atomic E-state index is -0.491. The van der Waals surface area contributed by atoms with E-state index in [4.69, 9.17) is 16.3 Å². The molecular weight excluding hydrogens is 430 g/mol. The highest BCUT2D eigenvalue weighted by atomic mass is 35.5. The van der Waals surface area contributed by atoms with Crippen LogP contribution in [0.15, 0.2) is 60.9 Å². The molecule has 0 unspecified atom stereocenters. The number of amides is 1. The maximum atomic E-state index is 12.5. The van der Waals surface area contributed by atoms with Crippen LogP contribution >= 0.6 is 11.6 Å². The third kappa shape index (κ3) is 4.40. The second kappa shape index (κ2) is 8.68. The first-order valence-corrected chi connectivity index (χ1v) is 10.1. The fourth-order valence-electron chi connectivity index (χ4n) is 3.13. The molecule has 32 heavy (non-hydrogen) atoms. The van der Waals surface area contributed by atoms with Crippen molar-refractivity contribution in [3.8, 4) is 11.4 Å². The summed E-state index contributed by atoms with van der Waals surface area (Å²) in [7, 11) is 1.74. The van der Waals surface area contributed by atoms with Crippen LogP contribution in [0.1, 0.15) is 32.1 Å². The monoisotopic (exact) mass is 449 g/mol. The Morgan fingerprint density at radius 1 is 1.00 bits per heavy atom. The summed E-state index contributed by atoms with van der Waals surface area (Å²) in [5, 5.41) is 11.8. The summed E-state index contributed by atoms with van der Waals surface area (Å²) in [5.74, 6) is -0.397. The van der Waals surface area contributed by atoms with Crippen molar-refractivity contribution in [1.29, 1.82) is 0 Å². The number of hydrogen-bond donors (Lipinski definition) is 1. The van der Waals surface area contributed by atoms with Crippen molar-refractivity contribution >= 4 is 29.2 Å². The summed E-state index contributed by atoms with van der Waals surface area (Å²) < 4.78 is 8.71. The van der Waals surface area contributed by atoms with Crippen LogP contribution in [-0.2, 0) is 7.05 Å². The number of halogens is 1. The van der Waals surface area contributed by atoms with E-state index in [2.05, 4.69) is 15.5 Å². The third-order valence-electron chi connectivity index (χ3n) is 4.84. The Morgan fingerprint density at radius 3 is 2.25 bits per heavy atom. The smallest absolute Gasteiger partial charge is 0.343 e. The molecule has 2 aromatic heterocycles. The zero-order valence-corrected chi connectivity index (χ0v) is 18.4. The Labute approximate surface area is 189 Å². The number of ether oxygens (including phenoxy) is 1. The number of rotatable bonds is 5. The Balaban J connectivity index is 1.40. The Bertz CT molecular complexity index is 1290. The lowest BCUT2D eigenvalue weighted by atomic mass is 10.2. The predicted molar refractivity (Wildman–Crippen MR) is 121 cm³/mol. The second-order valence-corrected chi connectivity index (χ2v) is 7.59. The molecule has 0 radical (unpaired) electrons. The highest BCUT2D eigenvalue weighted by Crippen LogP contribution is 2.23. The molecule has 0 aliphatic rings. The molecule has 0 saturated carbocycles. The number of nitrogens with zero attached hydrogens (tertiary/aromatic N) is 4. The van der Waals surface area contributed by atoms with Crippen molar-refractivity contribution in [3.63, 3.8) is 0 Å². The number of nitrogens with one attached hydrogen (secondary N) is 1. The van der Waals surface area contributed by atoms with Gasteiger partial charge >= 0.3 is 5.97 Å². The molecule has 2 aromatic carbocycles. The van der Waals surface area contributed by atoms with Gasteiger partial charge in [0, 0.05) is 18.9 Å². The molecule has 0 aliphatic carbocycles. The van der Waals surface area contributed by atoms with E-state index in [0.717, 1.165) is 17.1 Å². The molecule has 0 aliphatic heterocycles. The van der Waals surface area contributed by atoms with E-state index in [1.54, 1.807) is 71.1 Å². The van der Waals surface area contributed by atoms with Gasteiger partial charge in [-0.2, -0.15) is 10.2 Å². The molecule has 9 heteroatoms. The highest BCUT2D eigenvalue weighted by molar-refractivity contribution is 6.31. The molecule has 2 heterocycles. The van der Waals surface area contributed by atoms with Gasteiger partial charge < -0.3 is 10.1 Å². The summed E-state index contributed by atoms with van der Waals surface area (Å²) in [6, 6.07) is 13.5. The van der Waals surface area contributed by atoms with Crippen molar-refractivity contribution in [3.05, 3.63) is 88.5 Å². The highest BCUT2D eigenvalue weighted by Gasteiger charge is 2.13. The lowest BCUT2D eigenvalue weighted by Gasteiger charge is -2.08. The van der Waals surface area contributed by atoms with Crippen LogP contribution in [0.25, 0.3) is 5.69 Å². The van der Waals surface area contributed by atoms with Gasteiger partial charge in [-0.05, 0) is 62.4 Å². The average molecular weight is 450 g/mol. The van der Waals surface area contributed by atoms with Crippen LogP contribution in [0.5, 0.6) is 5.75 Å². The topological polar surface area (TPSA) is 91.0 Å². The van der Waals surface area contributed by atoms with Gasteiger partial charge in [0.05, 0.1) is 39.4 Å². The summed E-state index contributed by atoms with van der Waals surface area (Å²) in [5.41, 5.74) is 3.79.